The average Bonchev–Trinajstić information content (AvgIpc) is 3.32. The first-order chi connectivity index (χ1) is 17.0. The van der Waals surface area contributed by atoms with E-state index in [0.717, 1.165) is 33.0 Å². The van der Waals surface area contributed by atoms with E-state index in [1.807, 2.05) is 30.3 Å². The van der Waals surface area contributed by atoms with Crippen molar-refractivity contribution < 1.29 is 14.3 Å². The van der Waals surface area contributed by atoms with Gasteiger partial charge in [0.15, 0.2) is 12.6 Å². The fraction of sp³-hybridized carbons (Fsp3) is 0.407. The van der Waals surface area contributed by atoms with Gasteiger partial charge in [0.25, 0.3) is 5.91 Å². The zero-order chi connectivity index (χ0) is 26.1. The Labute approximate surface area is 216 Å². The van der Waals surface area contributed by atoms with Crippen molar-refractivity contribution in [1.82, 2.24) is 20.6 Å². The van der Waals surface area contributed by atoms with E-state index in [4.69, 9.17) is 9.47 Å². The molecule has 0 bridgehead atoms. The Morgan fingerprint density at radius 1 is 1.06 bits per heavy atom. The molecule has 2 aromatic carbocycles. The first-order valence-corrected chi connectivity index (χ1v) is 12.6. The Morgan fingerprint density at radius 2 is 1.72 bits per heavy atom. The molecular formula is C27H33N5O3S. The van der Waals surface area contributed by atoms with Gasteiger partial charge in [0.2, 0.25) is 0 Å². The summed E-state index contributed by atoms with van der Waals surface area (Å²) in [5, 5.41) is 14.0. The molecule has 1 aromatic heterocycles. The van der Waals surface area contributed by atoms with Crippen LogP contribution in [0.3, 0.4) is 0 Å². The number of hydrogen-bond donors (Lipinski definition) is 1. The predicted molar refractivity (Wildman–Crippen MR) is 142 cm³/mol. The van der Waals surface area contributed by atoms with Crippen LogP contribution in [0.25, 0.3) is 6.08 Å². The zero-order valence-electron chi connectivity index (χ0n) is 21.9. The van der Waals surface area contributed by atoms with Gasteiger partial charge in [0.05, 0.1) is 17.1 Å². The zero-order valence-corrected chi connectivity index (χ0v) is 22.7. The largest absolute Gasteiger partial charge is 0.467 e. The van der Waals surface area contributed by atoms with Crippen molar-refractivity contribution in [2.45, 2.75) is 63.8 Å². The minimum atomic E-state index is -0.181. The van der Waals surface area contributed by atoms with Gasteiger partial charge in [-0.2, -0.15) is 0 Å². The summed E-state index contributed by atoms with van der Waals surface area (Å²) < 4.78 is 11.3. The lowest BCUT2D eigenvalue weighted by Crippen LogP contribution is -2.34. The molecule has 1 aliphatic heterocycles. The van der Waals surface area contributed by atoms with Crippen molar-refractivity contribution in [3.05, 3.63) is 63.8 Å². The third-order valence-corrected chi connectivity index (χ3v) is 6.95. The van der Waals surface area contributed by atoms with Crippen molar-refractivity contribution in [2.24, 2.45) is 0 Å². The molecule has 2 heterocycles. The summed E-state index contributed by atoms with van der Waals surface area (Å²) in [6.07, 6.45) is 1.97. The van der Waals surface area contributed by atoms with Crippen LogP contribution in [0.4, 0.5) is 5.69 Å². The fourth-order valence-corrected chi connectivity index (χ4v) is 5.15. The molecule has 8 nitrogen and oxygen atoms in total. The van der Waals surface area contributed by atoms with E-state index in [-0.39, 0.29) is 30.1 Å². The number of fused-ring (bicyclic) bond motifs is 1. The van der Waals surface area contributed by atoms with Gasteiger partial charge in [-0.15, -0.1) is 5.10 Å². The van der Waals surface area contributed by atoms with Gasteiger partial charge in [-0.3, -0.25) is 9.69 Å². The van der Waals surface area contributed by atoms with Gasteiger partial charge < -0.3 is 9.47 Å². The second kappa shape index (κ2) is 10.1. The normalized spacial score (nSPS) is 15.4. The Bertz CT molecular complexity index is 1240. The molecule has 0 radical (unpaired) electrons. The highest BCUT2D eigenvalue weighted by Gasteiger charge is 2.31. The summed E-state index contributed by atoms with van der Waals surface area (Å²) in [5.41, 5.74) is 3.56. The molecule has 36 heavy (non-hydrogen) atoms. The lowest BCUT2D eigenvalue weighted by atomic mass is 9.78. The lowest BCUT2D eigenvalue weighted by Gasteiger charge is -2.31. The Morgan fingerprint density at radius 3 is 2.31 bits per heavy atom. The number of carbonyl (C=O) groups is 1. The fourth-order valence-electron chi connectivity index (χ4n) is 4.09. The number of nitrogens with one attached hydrogen (secondary N) is 1. The monoisotopic (exact) mass is 507 g/mol. The summed E-state index contributed by atoms with van der Waals surface area (Å²) in [5.74, 6) is 1.27. The van der Waals surface area contributed by atoms with E-state index in [1.165, 1.54) is 11.8 Å². The summed E-state index contributed by atoms with van der Waals surface area (Å²) in [7, 11) is 1.62. The third kappa shape index (κ3) is 5.47. The number of hydrogen-bond acceptors (Lipinski definition) is 7. The number of rotatable bonds is 6. The van der Waals surface area contributed by atoms with E-state index < -0.39 is 0 Å². The van der Waals surface area contributed by atoms with Crippen LogP contribution in [0.15, 0.2) is 46.2 Å². The summed E-state index contributed by atoms with van der Waals surface area (Å²) in [6.45, 7) is 13.4. The highest BCUT2D eigenvalue weighted by molar-refractivity contribution is 8.04. The predicted octanol–water partition coefficient (Wildman–Crippen LogP) is 5.46. The van der Waals surface area contributed by atoms with Crippen LogP contribution in [-0.4, -0.2) is 40.4 Å². The molecule has 9 heteroatoms. The number of para-hydroxylation sites is 1. The molecule has 0 saturated carbocycles. The second-order valence-corrected chi connectivity index (χ2v) is 11.9. The van der Waals surface area contributed by atoms with Crippen LogP contribution in [0.1, 0.15) is 64.1 Å². The van der Waals surface area contributed by atoms with Crippen molar-refractivity contribution in [2.75, 3.05) is 18.8 Å². The molecule has 0 fully saturated rings. The topological polar surface area (TPSA) is 93.2 Å². The number of benzene rings is 2. The molecule has 0 saturated heterocycles. The number of aromatic nitrogens is 4. The molecule has 0 aliphatic carbocycles. The number of H-pyrrole nitrogens is 1. The van der Waals surface area contributed by atoms with E-state index >= 15 is 0 Å². The summed E-state index contributed by atoms with van der Waals surface area (Å²) >= 11 is 1.48. The molecule has 190 valence electrons. The smallest absolute Gasteiger partial charge is 0.265 e. The number of aromatic amines is 1. The molecule has 0 unspecified atom stereocenters. The third-order valence-electron chi connectivity index (χ3n) is 5.88. The first-order valence-electron chi connectivity index (χ1n) is 11.8. The van der Waals surface area contributed by atoms with Crippen LogP contribution in [0.5, 0.6) is 5.75 Å². The number of nitrogens with zero attached hydrogens (tertiary/aromatic N) is 4. The number of carbonyl (C=O) groups excluding carboxylic acids is 1. The van der Waals surface area contributed by atoms with Gasteiger partial charge in [-0.05, 0) is 57.2 Å². The summed E-state index contributed by atoms with van der Waals surface area (Å²) in [6, 6.07) is 12.1. The van der Waals surface area contributed by atoms with Gasteiger partial charge in [0, 0.05) is 23.1 Å². The number of methoxy groups -OCH3 is 1. The van der Waals surface area contributed by atoms with Gasteiger partial charge in [-0.1, -0.05) is 65.4 Å². The van der Waals surface area contributed by atoms with Crippen LogP contribution < -0.4 is 9.64 Å². The SMILES string of the molecule is COCOc1c(C(C)(C)C)cc(/C=C2\Sc3ccccc3N(Cc3nnn[nH]3)C2=O)cc1C(C)(C)C. The second-order valence-electron chi connectivity index (χ2n) is 10.8. The van der Waals surface area contributed by atoms with E-state index in [0.29, 0.717) is 10.7 Å². The minimum absolute atomic E-state index is 0.0931. The van der Waals surface area contributed by atoms with Gasteiger partial charge in [0.1, 0.15) is 5.75 Å². The Kier molecular flexibility index (Phi) is 7.24. The maximum Gasteiger partial charge on any atom is 0.265 e. The maximum absolute atomic E-state index is 13.7. The van der Waals surface area contributed by atoms with Crippen LogP contribution in [0, 0.1) is 0 Å². The van der Waals surface area contributed by atoms with Crippen LogP contribution in [0.2, 0.25) is 0 Å². The first kappa shape index (κ1) is 25.9. The number of ether oxygens (including phenoxy) is 2. The van der Waals surface area contributed by atoms with Crippen molar-refractivity contribution in [1.29, 1.82) is 0 Å². The van der Waals surface area contributed by atoms with Crippen molar-refractivity contribution in [3.63, 3.8) is 0 Å². The molecule has 4 rings (SSSR count). The number of tetrazole rings is 1. The average molecular weight is 508 g/mol. The molecule has 3 aromatic rings. The highest BCUT2D eigenvalue weighted by Crippen LogP contribution is 2.44. The molecule has 0 atom stereocenters. The van der Waals surface area contributed by atoms with Crippen LogP contribution >= 0.6 is 11.8 Å². The van der Waals surface area contributed by atoms with E-state index in [1.54, 1.807) is 12.0 Å². The number of amides is 1. The standard InChI is InChI=1S/C27H33N5O3S/c1-26(2,3)18-12-17(13-19(27(4,5)6)24(18)35-16-34-7)14-22-25(33)32(15-23-28-30-31-29-23)20-10-8-9-11-21(20)36-22/h8-14H,15-16H2,1-7H3,(H,28,29,30,31)/b22-14-. The number of thioether (sulfide) groups is 1. The van der Waals surface area contributed by atoms with E-state index in [2.05, 4.69) is 74.3 Å². The molecule has 0 spiro atoms. The highest BCUT2D eigenvalue weighted by atomic mass is 32.2. The number of anilines is 1. The van der Waals surface area contributed by atoms with Gasteiger partial charge >= 0.3 is 0 Å². The van der Waals surface area contributed by atoms with Crippen molar-refractivity contribution in [3.8, 4) is 5.75 Å². The quantitative estimate of drug-likeness (QED) is 0.350. The Balaban J connectivity index is 1.83. The lowest BCUT2D eigenvalue weighted by molar-refractivity contribution is -0.114. The van der Waals surface area contributed by atoms with Crippen LogP contribution in [-0.2, 0) is 26.9 Å². The van der Waals surface area contributed by atoms with E-state index in [9.17, 15) is 4.79 Å². The molecule has 1 amide bonds. The molecular weight excluding hydrogens is 474 g/mol. The van der Waals surface area contributed by atoms with Crippen molar-refractivity contribution >= 4 is 29.4 Å². The van der Waals surface area contributed by atoms with Gasteiger partial charge in [-0.25, -0.2) is 5.10 Å². The summed E-state index contributed by atoms with van der Waals surface area (Å²) in [4.78, 5) is 17.1. The Hall–Kier alpha value is -3.17. The minimum Gasteiger partial charge on any atom is -0.467 e. The molecule has 1 aliphatic rings. The maximum atomic E-state index is 13.7. The molecule has 1 N–H and O–H groups in total.